The van der Waals surface area contributed by atoms with Crippen LogP contribution in [-0.4, -0.2) is 20.2 Å². The van der Waals surface area contributed by atoms with Gasteiger partial charge in [0.25, 0.3) is 0 Å². The Bertz CT molecular complexity index is 562. The van der Waals surface area contributed by atoms with Crippen molar-refractivity contribution in [1.82, 2.24) is 0 Å². The monoisotopic (exact) mass is 304 g/mol. The summed E-state index contributed by atoms with van der Waals surface area (Å²) in [6.45, 7) is 8.71. The van der Waals surface area contributed by atoms with Gasteiger partial charge in [-0.25, -0.2) is 0 Å². The Labute approximate surface area is 134 Å². The van der Waals surface area contributed by atoms with Gasteiger partial charge >= 0.3 is 5.97 Å². The molecule has 3 heteroatoms. The van der Waals surface area contributed by atoms with Crippen molar-refractivity contribution in [3.05, 3.63) is 28.3 Å². The van der Waals surface area contributed by atoms with E-state index >= 15 is 0 Å². The summed E-state index contributed by atoms with van der Waals surface area (Å²) >= 11 is 0. The van der Waals surface area contributed by atoms with Crippen LogP contribution in [0.3, 0.4) is 0 Å². The molecule has 3 nitrogen and oxygen atoms in total. The first-order chi connectivity index (χ1) is 10.4. The average molecular weight is 304 g/mol. The molecule has 122 valence electrons. The van der Waals surface area contributed by atoms with E-state index in [0.717, 1.165) is 25.0 Å². The van der Waals surface area contributed by atoms with Crippen LogP contribution in [0.1, 0.15) is 54.4 Å². The summed E-state index contributed by atoms with van der Waals surface area (Å²) in [5.41, 5.74) is 5.29. The fraction of sp³-hybridized carbons (Fsp3) is 0.632. The van der Waals surface area contributed by atoms with Crippen molar-refractivity contribution in [2.45, 2.75) is 52.9 Å². The molecule has 0 radical (unpaired) electrons. The summed E-state index contributed by atoms with van der Waals surface area (Å²) in [6, 6.07) is 2.14. The summed E-state index contributed by atoms with van der Waals surface area (Å²) in [4.78, 5) is 11.6. The first-order valence-electron chi connectivity index (χ1n) is 8.17. The second kappa shape index (κ2) is 6.72. The van der Waals surface area contributed by atoms with Gasteiger partial charge in [-0.15, -0.1) is 0 Å². The number of ether oxygens (including phenoxy) is 2. The van der Waals surface area contributed by atoms with Crippen molar-refractivity contribution in [2.75, 3.05) is 14.2 Å². The van der Waals surface area contributed by atoms with E-state index in [-0.39, 0.29) is 11.9 Å². The Balaban J connectivity index is 2.22. The number of carbonyl (C=O) groups excluding carboxylic acids is 1. The SMILES string of the molecule is CCC(CC1CC1C(=O)OC)c1c(C)cc(OC)c(C)c1C. The molecule has 0 aliphatic heterocycles. The van der Waals surface area contributed by atoms with Gasteiger partial charge in [0.05, 0.1) is 20.1 Å². The maximum atomic E-state index is 11.6. The van der Waals surface area contributed by atoms with Gasteiger partial charge in [-0.3, -0.25) is 4.79 Å². The standard InChI is InChI=1S/C19H28O3/c1-7-14(9-15-10-16(15)19(20)22-6)18-11(2)8-17(21-5)12(3)13(18)4/h8,14-16H,7,9-10H2,1-6H3. The molecule has 0 saturated heterocycles. The fourth-order valence-electron chi connectivity index (χ4n) is 3.71. The predicted octanol–water partition coefficient (Wildman–Crippen LogP) is 4.31. The van der Waals surface area contributed by atoms with E-state index in [2.05, 4.69) is 33.8 Å². The van der Waals surface area contributed by atoms with Gasteiger partial charge in [-0.2, -0.15) is 0 Å². The van der Waals surface area contributed by atoms with E-state index in [1.165, 1.54) is 29.4 Å². The van der Waals surface area contributed by atoms with Gasteiger partial charge < -0.3 is 9.47 Å². The molecule has 3 atom stereocenters. The minimum absolute atomic E-state index is 0.0424. The third kappa shape index (κ3) is 3.13. The van der Waals surface area contributed by atoms with Crippen LogP contribution in [0.5, 0.6) is 5.75 Å². The van der Waals surface area contributed by atoms with E-state index in [9.17, 15) is 4.79 Å². The van der Waals surface area contributed by atoms with E-state index < -0.39 is 0 Å². The molecule has 1 fully saturated rings. The number of rotatable bonds is 6. The average Bonchev–Trinajstić information content (AvgIpc) is 3.28. The first kappa shape index (κ1) is 16.9. The van der Waals surface area contributed by atoms with E-state index in [0.29, 0.717) is 11.8 Å². The van der Waals surface area contributed by atoms with Crippen molar-refractivity contribution >= 4 is 5.97 Å². The Hall–Kier alpha value is -1.51. The Kier molecular flexibility index (Phi) is 5.15. The smallest absolute Gasteiger partial charge is 0.308 e. The highest BCUT2D eigenvalue weighted by atomic mass is 16.5. The molecule has 1 saturated carbocycles. The summed E-state index contributed by atoms with van der Waals surface area (Å²) in [5, 5.41) is 0. The number of hydrogen-bond donors (Lipinski definition) is 0. The lowest BCUT2D eigenvalue weighted by Crippen LogP contribution is -2.09. The normalized spacial score (nSPS) is 21.4. The lowest BCUT2D eigenvalue weighted by atomic mass is 9.83. The zero-order valence-electron chi connectivity index (χ0n) is 14.7. The van der Waals surface area contributed by atoms with Crippen molar-refractivity contribution in [3.63, 3.8) is 0 Å². The summed E-state index contributed by atoms with van der Waals surface area (Å²) in [5.74, 6) is 2.04. The topological polar surface area (TPSA) is 35.5 Å². The first-order valence-corrected chi connectivity index (χ1v) is 8.17. The second-order valence-corrected chi connectivity index (χ2v) is 6.53. The molecular weight excluding hydrogens is 276 g/mol. The van der Waals surface area contributed by atoms with Gasteiger partial charge in [-0.05, 0) is 80.2 Å². The van der Waals surface area contributed by atoms with Crippen LogP contribution in [0.25, 0.3) is 0 Å². The van der Waals surface area contributed by atoms with Gasteiger partial charge in [0.2, 0.25) is 0 Å². The van der Waals surface area contributed by atoms with Crippen LogP contribution in [0.4, 0.5) is 0 Å². The van der Waals surface area contributed by atoms with Gasteiger partial charge in [0, 0.05) is 0 Å². The maximum Gasteiger partial charge on any atom is 0.308 e. The Morgan fingerprint density at radius 1 is 1.27 bits per heavy atom. The van der Waals surface area contributed by atoms with Crippen molar-refractivity contribution in [3.8, 4) is 5.75 Å². The fourth-order valence-corrected chi connectivity index (χ4v) is 3.71. The van der Waals surface area contributed by atoms with Crippen LogP contribution in [-0.2, 0) is 9.53 Å². The number of benzene rings is 1. The number of methoxy groups -OCH3 is 2. The predicted molar refractivity (Wildman–Crippen MR) is 88.5 cm³/mol. The molecule has 0 aromatic heterocycles. The lowest BCUT2D eigenvalue weighted by molar-refractivity contribution is -0.142. The number of carbonyl (C=O) groups is 1. The molecule has 1 aliphatic carbocycles. The molecule has 1 aromatic carbocycles. The molecule has 1 aliphatic rings. The van der Waals surface area contributed by atoms with Crippen molar-refractivity contribution < 1.29 is 14.3 Å². The van der Waals surface area contributed by atoms with Crippen LogP contribution in [0.2, 0.25) is 0 Å². The molecule has 3 unspecified atom stereocenters. The highest BCUT2D eigenvalue weighted by Gasteiger charge is 2.44. The molecule has 0 heterocycles. The van der Waals surface area contributed by atoms with Gasteiger partial charge in [0.1, 0.15) is 5.75 Å². The van der Waals surface area contributed by atoms with Crippen molar-refractivity contribution in [1.29, 1.82) is 0 Å². The van der Waals surface area contributed by atoms with Crippen molar-refractivity contribution in [2.24, 2.45) is 11.8 Å². The van der Waals surface area contributed by atoms with Gasteiger partial charge in [-0.1, -0.05) is 6.92 Å². The molecule has 0 bridgehead atoms. The minimum Gasteiger partial charge on any atom is -0.496 e. The van der Waals surface area contributed by atoms with Gasteiger partial charge in [0.15, 0.2) is 0 Å². The van der Waals surface area contributed by atoms with E-state index in [1.807, 2.05) is 0 Å². The number of aryl methyl sites for hydroxylation is 1. The molecule has 1 aromatic rings. The highest BCUT2D eigenvalue weighted by Crippen LogP contribution is 2.48. The lowest BCUT2D eigenvalue weighted by Gasteiger charge is -2.23. The van der Waals surface area contributed by atoms with Crippen LogP contribution >= 0.6 is 0 Å². The summed E-state index contributed by atoms with van der Waals surface area (Å²) in [6.07, 6.45) is 3.15. The molecule has 2 rings (SSSR count). The quantitative estimate of drug-likeness (QED) is 0.735. The van der Waals surface area contributed by atoms with Crippen LogP contribution in [0.15, 0.2) is 6.07 Å². The zero-order chi connectivity index (χ0) is 16.4. The molecule has 0 spiro atoms. The molecule has 0 amide bonds. The number of hydrogen-bond acceptors (Lipinski definition) is 3. The minimum atomic E-state index is -0.0424. The van der Waals surface area contributed by atoms with E-state index in [4.69, 9.17) is 9.47 Å². The Morgan fingerprint density at radius 3 is 2.50 bits per heavy atom. The Morgan fingerprint density at radius 2 is 1.95 bits per heavy atom. The maximum absolute atomic E-state index is 11.6. The molecular formula is C19H28O3. The second-order valence-electron chi connectivity index (χ2n) is 6.53. The van der Waals surface area contributed by atoms with Crippen LogP contribution in [0, 0.1) is 32.6 Å². The number of esters is 1. The third-order valence-corrected chi connectivity index (χ3v) is 5.24. The summed E-state index contributed by atoms with van der Waals surface area (Å²) < 4.78 is 10.3. The van der Waals surface area contributed by atoms with E-state index in [1.54, 1.807) is 7.11 Å². The largest absolute Gasteiger partial charge is 0.496 e. The molecule has 0 N–H and O–H groups in total. The molecule has 22 heavy (non-hydrogen) atoms. The summed E-state index contributed by atoms with van der Waals surface area (Å²) in [7, 11) is 3.21. The zero-order valence-corrected chi connectivity index (χ0v) is 14.7. The third-order valence-electron chi connectivity index (χ3n) is 5.24. The highest BCUT2D eigenvalue weighted by molar-refractivity contribution is 5.75. The van der Waals surface area contributed by atoms with Crippen LogP contribution < -0.4 is 4.74 Å².